The Hall–Kier alpha value is -3.38. The molecule has 0 atom stereocenters. The summed E-state index contributed by atoms with van der Waals surface area (Å²) >= 11 is 0. The number of benzene rings is 2. The van der Waals surface area contributed by atoms with Crippen molar-refractivity contribution in [3.8, 4) is 11.8 Å². The van der Waals surface area contributed by atoms with Crippen molar-refractivity contribution in [1.29, 1.82) is 0 Å². The molecule has 6 nitrogen and oxygen atoms in total. The molecule has 0 unspecified atom stereocenters. The number of nitrogens with zero attached hydrogens (tertiary/aromatic N) is 3. The molecular weight excluding hydrogens is 374 g/mol. The molecule has 0 fully saturated rings. The van der Waals surface area contributed by atoms with Crippen molar-refractivity contribution in [2.75, 3.05) is 18.5 Å². The van der Waals surface area contributed by atoms with Crippen molar-refractivity contribution in [3.63, 3.8) is 0 Å². The number of ether oxygens (including phenoxy) is 1. The van der Waals surface area contributed by atoms with Gasteiger partial charge in [0.2, 0.25) is 11.8 Å². The molecule has 1 aliphatic rings. The van der Waals surface area contributed by atoms with Gasteiger partial charge in [0.25, 0.3) is 0 Å². The number of fused-ring (bicyclic) bond motifs is 2. The van der Waals surface area contributed by atoms with Gasteiger partial charge in [0.1, 0.15) is 5.82 Å². The quantitative estimate of drug-likeness (QED) is 0.512. The molecule has 0 saturated carbocycles. The van der Waals surface area contributed by atoms with E-state index in [1.54, 1.807) is 0 Å². The number of hydrogen-bond acceptors (Lipinski definition) is 5. The zero-order chi connectivity index (χ0) is 20.3. The normalized spacial score (nSPS) is 13.2. The van der Waals surface area contributed by atoms with Crippen LogP contribution in [0.1, 0.15) is 23.7 Å². The topological polar surface area (TPSA) is 64.0 Å². The summed E-state index contributed by atoms with van der Waals surface area (Å²) in [6.45, 7) is 5.00. The highest BCUT2D eigenvalue weighted by Gasteiger charge is 2.21. The summed E-state index contributed by atoms with van der Waals surface area (Å²) in [5.74, 6) is 2.30. The van der Waals surface area contributed by atoms with E-state index in [4.69, 9.17) is 14.7 Å². The first-order valence-corrected chi connectivity index (χ1v) is 10.5. The third-order valence-electron chi connectivity index (χ3n) is 5.39. The summed E-state index contributed by atoms with van der Waals surface area (Å²) in [4.78, 5) is 9.91. The lowest BCUT2D eigenvalue weighted by atomic mass is 10.1. The van der Waals surface area contributed by atoms with Crippen LogP contribution in [0, 0.1) is 0 Å². The van der Waals surface area contributed by atoms with Crippen molar-refractivity contribution < 1.29 is 4.74 Å². The predicted molar refractivity (Wildman–Crippen MR) is 119 cm³/mol. The zero-order valence-electron chi connectivity index (χ0n) is 17.1. The van der Waals surface area contributed by atoms with E-state index in [9.17, 15) is 0 Å². The third-order valence-corrected chi connectivity index (χ3v) is 5.39. The Morgan fingerprint density at radius 3 is 2.77 bits per heavy atom. The van der Waals surface area contributed by atoms with Gasteiger partial charge in [0, 0.05) is 43.1 Å². The van der Waals surface area contributed by atoms with Crippen LogP contribution >= 0.6 is 0 Å². The first-order valence-electron chi connectivity index (χ1n) is 10.5. The van der Waals surface area contributed by atoms with Crippen LogP contribution in [0.2, 0.25) is 0 Å². The van der Waals surface area contributed by atoms with Gasteiger partial charge in [-0.1, -0.05) is 48.5 Å². The Balaban J connectivity index is 1.61. The maximum atomic E-state index is 5.94. The fraction of sp³-hybridized carbons (Fsp3) is 0.250. The van der Waals surface area contributed by atoms with Crippen LogP contribution in [-0.2, 0) is 19.5 Å². The van der Waals surface area contributed by atoms with Crippen LogP contribution in [0.25, 0.3) is 16.9 Å². The van der Waals surface area contributed by atoms with E-state index < -0.39 is 0 Å². The SMILES string of the molecule is CCOc1cc2ccccc2n1-c1nc2c(c(NCc3ccccc3)n1)CNCC2. The minimum absolute atomic E-state index is 0.588. The van der Waals surface area contributed by atoms with Gasteiger partial charge in [-0.2, -0.15) is 4.98 Å². The lowest BCUT2D eigenvalue weighted by Gasteiger charge is -2.21. The number of hydrogen-bond donors (Lipinski definition) is 2. The van der Waals surface area contributed by atoms with E-state index >= 15 is 0 Å². The van der Waals surface area contributed by atoms with Gasteiger partial charge in [0.05, 0.1) is 17.8 Å². The monoisotopic (exact) mass is 399 g/mol. The molecule has 0 aliphatic carbocycles. The lowest BCUT2D eigenvalue weighted by Crippen LogP contribution is -2.27. The number of aromatic nitrogens is 3. The highest BCUT2D eigenvalue weighted by atomic mass is 16.5. The predicted octanol–water partition coefficient (Wildman–Crippen LogP) is 4.08. The van der Waals surface area contributed by atoms with Crippen LogP contribution in [0.15, 0.2) is 60.7 Å². The van der Waals surface area contributed by atoms with Crippen molar-refractivity contribution in [2.45, 2.75) is 26.4 Å². The van der Waals surface area contributed by atoms with Crippen LogP contribution in [-0.4, -0.2) is 27.7 Å². The van der Waals surface area contributed by atoms with Crippen molar-refractivity contribution >= 4 is 16.7 Å². The smallest absolute Gasteiger partial charge is 0.239 e. The summed E-state index contributed by atoms with van der Waals surface area (Å²) in [5.41, 5.74) is 4.50. The summed E-state index contributed by atoms with van der Waals surface area (Å²) < 4.78 is 7.96. The number of nitrogens with one attached hydrogen (secondary N) is 2. The second kappa shape index (κ2) is 8.16. The Bertz CT molecular complexity index is 1170. The fourth-order valence-corrected chi connectivity index (χ4v) is 3.95. The van der Waals surface area contributed by atoms with E-state index in [2.05, 4.69) is 53.1 Å². The molecule has 2 N–H and O–H groups in total. The van der Waals surface area contributed by atoms with Gasteiger partial charge in [-0.15, -0.1) is 0 Å². The van der Waals surface area contributed by atoms with Crippen LogP contribution in [0.4, 0.5) is 5.82 Å². The average Bonchev–Trinajstić information content (AvgIpc) is 3.16. The minimum atomic E-state index is 0.588. The van der Waals surface area contributed by atoms with Gasteiger partial charge >= 0.3 is 0 Å². The summed E-state index contributed by atoms with van der Waals surface area (Å²) in [5, 5.41) is 8.10. The van der Waals surface area contributed by atoms with Crippen molar-refractivity contribution in [2.24, 2.45) is 0 Å². The molecule has 1 aliphatic heterocycles. The highest BCUT2D eigenvalue weighted by molar-refractivity contribution is 5.84. The minimum Gasteiger partial charge on any atom is -0.479 e. The maximum Gasteiger partial charge on any atom is 0.239 e. The molecule has 6 heteroatoms. The largest absolute Gasteiger partial charge is 0.479 e. The van der Waals surface area contributed by atoms with E-state index in [0.717, 1.165) is 53.4 Å². The molecule has 0 saturated heterocycles. The van der Waals surface area contributed by atoms with E-state index in [1.165, 1.54) is 5.56 Å². The first-order chi connectivity index (χ1) is 14.8. The number of anilines is 1. The molecule has 30 heavy (non-hydrogen) atoms. The Morgan fingerprint density at radius 1 is 1.07 bits per heavy atom. The number of para-hydroxylation sites is 1. The molecular formula is C24H25N5O. The summed E-state index contributed by atoms with van der Waals surface area (Å²) in [6, 6.07) is 20.7. The molecule has 0 radical (unpaired) electrons. The molecule has 3 heterocycles. The standard InChI is InChI=1S/C24H25N5O/c1-2-30-22-14-18-10-6-7-11-21(18)29(22)24-27-20-12-13-25-16-19(20)23(28-24)26-15-17-8-4-3-5-9-17/h3-11,14,25H,2,12-13,15-16H2,1H3,(H,26,27,28). The second-order valence-electron chi connectivity index (χ2n) is 7.37. The van der Waals surface area contributed by atoms with E-state index in [1.807, 2.05) is 29.7 Å². The molecule has 2 aromatic heterocycles. The van der Waals surface area contributed by atoms with Crippen LogP contribution in [0.5, 0.6) is 5.88 Å². The molecule has 0 bridgehead atoms. The van der Waals surface area contributed by atoms with Crippen molar-refractivity contribution in [1.82, 2.24) is 19.9 Å². The van der Waals surface area contributed by atoms with Gasteiger partial charge in [-0.05, 0) is 18.6 Å². The fourth-order valence-electron chi connectivity index (χ4n) is 3.95. The van der Waals surface area contributed by atoms with Gasteiger partial charge < -0.3 is 15.4 Å². The lowest BCUT2D eigenvalue weighted by molar-refractivity contribution is 0.321. The Labute approximate surface area is 175 Å². The third kappa shape index (κ3) is 3.50. The summed E-state index contributed by atoms with van der Waals surface area (Å²) in [6.07, 6.45) is 0.883. The van der Waals surface area contributed by atoms with Gasteiger partial charge in [-0.3, -0.25) is 0 Å². The van der Waals surface area contributed by atoms with Crippen molar-refractivity contribution in [3.05, 3.63) is 77.5 Å². The van der Waals surface area contributed by atoms with Crippen LogP contribution < -0.4 is 15.4 Å². The molecule has 152 valence electrons. The van der Waals surface area contributed by atoms with Gasteiger partial charge in [-0.25, -0.2) is 9.55 Å². The van der Waals surface area contributed by atoms with Gasteiger partial charge in [0.15, 0.2) is 0 Å². The Morgan fingerprint density at radius 2 is 1.90 bits per heavy atom. The molecule has 0 amide bonds. The second-order valence-corrected chi connectivity index (χ2v) is 7.37. The first kappa shape index (κ1) is 18.6. The van der Waals surface area contributed by atoms with Crippen LogP contribution in [0.3, 0.4) is 0 Å². The molecule has 5 rings (SSSR count). The zero-order valence-corrected chi connectivity index (χ0v) is 17.1. The molecule has 4 aromatic rings. The summed E-state index contributed by atoms with van der Waals surface area (Å²) in [7, 11) is 0. The number of rotatable bonds is 6. The molecule has 0 spiro atoms. The average molecular weight is 399 g/mol. The maximum absolute atomic E-state index is 5.94. The molecule has 2 aromatic carbocycles. The van der Waals surface area contributed by atoms with E-state index in [0.29, 0.717) is 19.1 Å². The van der Waals surface area contributed by atoms with E-state index in [-0.39, 0.29) is 0 Å². The highest BCUT2D eigenvalue weighted by Crippen LogP contribution is 2.30. The Kier molecular flexibility index (Phi) is 5.07.